The van der Waals surface area contributed by atoms with Crippen molar-refractivity contribution in [3.05, 3.63) is 0 Å². The third kappa shape index (κ3) is 2.70. The van der Waals surface area contributed by atoms with Crippen LogP contribution < -0.4 is 0 Å². The molecule has 1 N–H and O–H groups in total. The Morgan fingerprint density at radius 3 is 2.79 bits per heavy atom. The average molecular weight is 264 g/mol. The van der Waals surface area contributed by atoms with Crippen LogP contribution in [0.2, 0.25) is 0 Å². The van der Waals surface area contributed by atoms with Crippen molar-refractivity contribution in [3.8, 4) is 0 Å². The minimum Gasteiger partial charge on any atom is -0.481 e. The van der Waals surface area contributed by atoms with Crippen LogP contribution in [0.3, 0.4) is 0 Å². The lowest BCUT2D eigenvalue weighted by atomic mass is 10.1. The fourth-order valence-corrected chi connectivity index (χ4v) is 2.30. The Bertz CT molecular complexity index is 244. The lowest BCUT2D eigenvalue weighted by Gasteiger charge is -2.25. The van der Waals surface area contributed by atoms with Gasteiger partial charge in [0, 0.05) is 23.8 Å². The van der Waals surface area contributed by atoms with Crippen LogP contribution in [-0.4, -0.2) is 39.3 Å². The monoisotopic (exact) mass is 263 g/mol. The number of alkyl halides is 1. The summed E-state index contributed by atoms with van der Waals surface area (Å²) in [6.07, 6.45) is 1.22. The summed E-state index contributed by atoms with van der Waals surface area (Å²) in [6, 6.07) is -0.150. The fraction of sp³-hybridized carbons (Fsp3) is 0.778. The van der Waals surface area contributed by atoms with Crippen LogP contribution in [0.4, 0.5) is 0 Å². The molecular formula is C9H14BrNO3. The van der Waals surface area contributed by atoms with E-state index in [0.29, 0.717) is 19.4 Å². The maximum absolute atomic E-state index is 11.5. The van der Waals surface area contributed by atoms with Gasteiger partial charge in [0.2, 0.25) is 5.91 Å². The molecule has 0 spiro atoms. The van der Waals surface area contributed by atoms with Gasteiger partial charge >= 0.3 is 5.97 Å². The van der Waals surface area contributed by atoms with Crippen LogP contribution in [0.25, 0.3) is 0 Å². The first kappa shape index (κ1) is 11.5. The second-order valence-electron chi connectivity index (χ2n) is 3.51. The lowest BCUT2D eigenvalue weighted by Crippen LogP contribution is -2.37. The largest absolute Gasteiger partial charge is 0.481 e. The number of carboxylic acid groups (broad SMARTS) is 1. The van der Waals surface area contributed by atoms with Gasteiger partial charge in [-0.1, -0.05) is 22.9 Å². The normalized spacial score (nSPS) is 24.0. The number of nitrogens with zero attached hydrogens (tertiary/aromatic N) is 1. The Hall–Kier alpha value is -0.580. The van der Waals surface area contributed by atoms with E-state index in [4.69, 9.17) is 5.11 Å². The van der Waals surface area contributed by atoms with E-state index in [9.17, 15) is 9.59 Å². The number of carbonyl (C=O) groups excluding carboxylic acids is 1. The van der Waals surface area contributed by atoms with Gasteiger partial charge in [-0.25, -0.2) is 0 Å². The summed E-state index contributed by atoms with van der Waals surface area (Å²) < 4.78 is 0. The summed E-state index contributed by atoms with van der Waals surface area (Å²) in [6.45, 7) is 2.53. The zero-order valence-corrected chi connectivity index (χ0v) is 9.66. The molecule has 80 valence electrons. The van der Waals surface area contributed by atoms with Crippen molar-refractivity contribution in [3.63, 3.8) is 0 Å². The topological polar surface area (TPSA) is 57.6 Å². The highest BCUT2D eigenvalue weighted by atomic mass is 79.9. The third-order valence-electron chi connectivity index (χ3n) is 2.43. The summed E-state index contributed by atoms with van der Waals surface area (Å²) in [7, 11) is 0. The zero-order valence-electron chi connectivity index (χ0n) is 8.07. The fourth-order valence-electron chi connectivity index (χ4n) is 1.72. The molecule has 0 aromatic rings. The summed E-state index contributed by atoms with van der Waals surface area (Å²) in [5.41, 5.74) is 0. The smallest absolute Gasteiger partial charge is 0.305 e. The van der Waals surface area contributed by atoms with Crippen molar-refractivity contribution in [1.29, 1.82) is 0 Å². The van der Waals surface area contributed by atoms with E-state index in [2.05, 4.69) is 15.9 Å². The zero-order chi connectivity index (χ0) is 10.7. The molecule has 0 bridgehead atoms. The molecule has 2 unspecified atom stereocenters. The molecule has 1 aliphatic heterocycles. The number of likely N-dealkylation sites (tertiary alicyclic amines) is 1. The minimum atomic E-state index is -0.845. The minimum absolute atomic E-state index is 0.0436. The standard InChI is InChI=1S/C9H14BrNO3/c1-2-7(4-9(13)14)11-5-6(10)3-8(11)12/h6-7H,2-5H2,1H3,(H,13,14). The molecule has 1 heterocycles. The Labute approximate surface area is 91.4 Å². The molecule has 1 saturated heterocycles. The number of carboxylic acids is 1. The predicted octanol–water partition coefficient (Wildman–Crippen LogP) is 1.24. The second-order valence-corrected chi connectivity index (χ2v) is 4.80. The number of amides is 1. The Morgan fingerprint density at radius 1 is 1.79 bits per heavy atom. The molecule has 1 fully saturated rings. The molecule has 1 aliphatic rings. The van der Waals surface area contributed by atoms with E-state index in [1.807, 2.05) is 6.92 Å². The molecule has 0 aliphatic carbocycles. The molecule has 2 atom stereocenters. The first-order chi connectivity index (χ1) is 6.54. The molecule has 5 heteroatoms. The van der Waals surface area contributed by atoms with Crippen LogP contribution in [0.1, 0.15) is 26.2 Å². The van der Waals surface area contributed by atoms with Gasteiger partial charge in [-0.15, -0.1) is 0 Å². The summed E-state index contributed by atoms with van der Waals surface area (Å²) in [5.74, 6) is -0.789. The molecule has 0 saturated carbocycles. The molecule has 0 aromatic heterocycles. The van der Waals surface area contributed by atoms with Crippen molar-refractivity contribution < 1.29 is 14.7 Å². The first-order valence-electron chi connectivity index (χ1n) is 4.70. The summed E-state index contributed by atoms with van der Waals surface area (Å²) in [5, 5.41) is 8.68. The van der Waals surface area contributed by atoms with E-state index in [-0.39, 0.29) is 23.2 Å². The number of aliphatic carboxylic acids is 1. The quantitative estimate of drug-likeness (QED) is 0.777. The third-order valence-corrected chi connectivity index (χ3v) is 3.05. The van der Waals surface area contributed by atoms with Gasteiger partial charge in [-0.3, -0.25) is 9.59 Å². The van der Waals surface area contributed by atoms with Gasteiger partial charge in [-0.2, -0.15) is 0 Å². The second kappa shape index (κ2) is 4.77. The van der Waals surface area contributed by atoms with Crippen molar-refractivity contribution in [2.75, 3.05) is 6.54 Å². The Morgan fingerprint density at radius 2 is 2.43 bits per heavy atom. The highest BCUT2D eigenvalue weighted by molar-refractivity contribution is 9.09. The van der Waals surface area contributed by atoms with E-state index in [1.165, 1.54) is 0 Å². The van der Waals surface area contributed by atoms with Gasteiger partial charge in [0.1, 0.15) is 0 Å². The van der Waals surface area contributed by atoms with E-state index < -0.39 is 5.97 Å². The molecule has 0 radical (unpaired) electrons. The van der Waals surface area contributed by atoms with Gasteiger partial charge in [0.05, 0.1) is 6.42 Å². The average Bonchev–Trinajstić information content (AvgIpc) is 2.41. The van der Waals surface area contributed by atoms with Gasteiger partial charge in [-0.05, 0) is 6.42 Å². The summed E-state index contributed by atoms with van der Waals surface area (Å²) >= 11 is 3.37. The lowest BCUT2D eigenvalue weighted by molar-refractivity contribution is -0.139. The molecular weight excluding hydrogens is 250 g/mol. The molecule has 4 nitrogen and oxygen atoms in total. The van der Waals surface area contributed by atoms with Gasteiger partial charge in [0.25, 0.3) is 0 Å². The molecule has 14 heavy (non-hydrogen) atoms. The molecule has 1 rings (SSSR count). The van der Waals surface area contributed by atoms with Crippen molar-refractivity contribution in [2.45, 2.75) is 37.1 Å². The highest BCUT2D eigenvalue weighted by Gasteiger charge is 2.32. The highest BCUT2D eigenvalue weighted by Crippen LogP contribution is 2.22. The SMILES string of the molecule is CCC(CC(=O)O)N1CC(Br)CC1=O. The maximum atomic E-state index is 11.5. The van der Waals surface area contributed by atoms with Crippen LogP contribution in [0.15, 0.2) is 0 Å². The van der Waals surface area contributed by atoms with Gasteiger partial charge < -0.3 is 10.0 Å². The Balaban J connectivity index is 2.60. The van der Waals surface area contributed by atoms with Crippen LogP contribution in [0, 0.1) is 0 Å². The predicted molar refractivity (Wildman–Crippen MR) is 55.4 cm³/mol. The first-order valence-corrected chi connectivity index (χ1v) is 5.61. The molecule has 1 amide bonds. The van der Waals surface area contributed by atoms with E-state index in [0.717, 1.165) is 0 Å². The van der Waals surface area contributed by atoms with Crippen LogP contribution >= 0.6 is 15.9 Å². The van der Waals surface area contributed by atoms with Crippen molar-refractivity contribution in [2.24, 2.45) is 0 Å². The number of rotatable bonds is 4. The van der Waals surface area contributed by atoms with Crippen molar-refractivity contribution in [1.82, 2.24) is 4.90 Å². The number of carbonyl (C=O) groups is 2. The van der Waals surface area contributed by atoms with E-state index in [1.54, 1.807) is 4.90 Å². The Kier molecular flexibility index (Phi) is 3.92. The summed E-state index contributed by atoms with van der Waals surface area (Å²) in [4.78, 5) is 23.9. The number of halogens is 1. The van der Waals surface area contributed by atoms with Crippen LogP contribution in [-0.2, 0) is 9.59 Å². The number of hydrogen-bond donors (Lipinski definition) is 1. The molecule has 0 aromatic carbocycles. The van der Waals surface area contributed by atoms with Gasteiger partial charge in [0.15, 0.2) is 0 Å². The van der Waals surface area contributed by atoms with Crippen LogP contribution in [0.5, 0.6) is 0 Å². The number of hydrogen-bond acceptors (Lipinski definition) is 2. The van der Waals surface area contributed by atoms with E-state index >= 15 is 0 Å². The maximum Gasteiger partial charge on any atom is 0.305 e. The van der Waals surface area contributed by atoms with Crippen molar-refractivity contribution >= 4 is 27.8 Å².